The first kappa shape index (κ1) is 47.5. The van der Waals surface area contributed by atoms with Crippen LogP contribution in [0.5, 0.6) is 0 Å². The highest BCUT2D eigenvalue weighted by atomic mass is 31.2. The van der Waals surface area contributed by atoms with Crippen molar-refractivity contribution in [3.05, 3.63) is 22.7 Å². The number of aliphatic carboxylic acids is 1. The van der Waals surface area contributed by atoms with Gasteiger partial charge in [0.25, 0.3) is 11.7 Å². The number of anilines is 1. The number of ether oxygens (including phenoxy) is 3. The Balaban J connectivity index is 1.47. The number of phosphoric acid groups is 2. The number of carbonyl (C=O) groups excluding carboxylic acids is 2. The molecule has 3 aliphatic heterocycles. The molecule has 3 fully saturated rings. The van der Waals surface area contributed by atoms with E-state index in [0.717, 1.165) is 23.8 Å². The second-order valence-electron chi connectivity index (χ2n) is 13.2. The predicted octanol–water partition coefficient (Wildman–Crippen LogP) is -8.19. The molecule has 2 amide bonds. The van der Waals surface area contributed by atoms with Crippen LogP contribution >= 0.6 is 15.6 Å². The fourth-order valence-electron chi connectivity index (χ4n) is 6.11. The first-order chi connectivity index (χ1) is 26.8. The second kappa shape index (κ2) is 18.6. The first-order valence-electron chi connectivity index (χ1n) is 16.7. The van der Waals surface area contributed by atoms with Gasteiger partial charge in [-0.3, -0.25) is 23.2 Å². The molecular formula is C27H43N5O24P2. The molecule has 58 heavy (non-hydrogen) atoms. The molecule has 3 saturated heterocycles. The summed E-state index contributed by atoms with van der Waals surface area (Å²) in [6.45, 7) is -2.31. The van der Waals surface area contributed by atoms with Crippen LogP contribution in [0.25, 0.3) is 0 Å². The van der Waals surface area contributed by atoms with Crippen LogP contribution in [0.2, 0.25) is 0 Å². The summed E-state index contributed by atoms with van der Waals surface area (Å²) in [5.74, 6) is -8.09. The standard InChI is InChI=1S/C27H43N5O24P2/c1-8(33)30-14-9(34)4-27(25(43)44,56-58(49,50)52-7-12-17(38)20(41)24(54-12)32-3-2-13(28)31-26(32)45)55-21(14)15(36)10(35)5-29-23(42)22-19(40)18(39)16(37)11(53-22)6-51-57(46,47)48/h2-3,9-12,14-22,24,34-41H,4-7H2,1H3,(H,29,42)(H,30,33)(H,43,44)(H,49,50)(H2,28,31,45)(H2,46,47,48)/t9?,10-,11?,12?,14?,15-,16-,17?,18+,19?,20?,21?,22+,24?,27?/m1/s1. The third-order valence-corrected chi connectivity index (χ3v) is 10.5. The zero-order valence-corrected chi connectivity index (χ0v) is 31.5. The molecule has 1 aromatic rings. The molecule has 1 aromatic heterocycles. The largest absolute Gasteiger partial charge is 0.477 e. The Hall–Kier alpha value is -3.13. The maximum atomic E-state index is 13.1. The zero-order valence-electron chi connectivity index (χ0n) is 29.7. The molecule has 16 N–H and O–H groups in total. The van der Waals surface area contributed by atoms with E-state index in [4.69, 9.17) is 38.8 Å². The summed E-state index contributed by atoms with van der Waals surface area (Å²) in [6.07, 6.45) is -26.5. The number of amides is 2. The molecule has 0 bridgehead atoms. The van der Waals surface area contributed by atoms with Gasteiger partial charge in [0.1, 0.15) is 60.8 Å². The first-order valence-corrected chi connectivity index (χ1v) is 19.7. The van der Waals surface area contributed by atoms with E-state index in [1.54, 1.807) is 0 Å². The Morgan fingerprint density at radius 3 is 2.17 bits per heavy atom. The maximum Gasteiger partial charge on any atom is 0.475 e. The van der Waals surface area contributed by atoms with Crippen molar-refractivity contribution in [1.82, 2.24) is 20.2 Å². The molecule has 0 radical (unpaired) electrons. The fraction of sp³-hybridized carbons (Fsp3) is 0.741. The summed E-state index contributed by atoms with van der Waals surface area (Å²) >= 11 is 0. The molecular weight excluding hydrogens is 840 g/mol. The summed E-state index contributed by atoms with van der Waals surface area (Å²) in [5, 5.41) is 98.6. The number of hydrogen-bond acceptors (Lipinski definition) is 22. The smallest absolute Gasteiger partial charge is 0.475 e. The van der Waals surface area contributed by atoms with Crippen LogP contribution < -0.4 is 22.1 Å². The van der Waals surface area contributed by atoms with Crippen LogP contribution in [0.3, 0.4) is 0 Å². The predicted molar refractivity (Wildman–Crippen MR) is 179 cm³/mol. The molecule has 0 saturated carbocycles. The van der Waals surface area contributed by atoms with Crippen LogP contribution in [-0.2, 0) is 51.3 Å². The Labute approximate surface area is 324 Å². The van der Waals surface area contributed by atoms with Gasteiger partial charge in [-0.2, -0.15) is 4.98 Å². The van der Waals surface area contributed by atoms with Crippen molar-refractivity contribution in [2.24, 2.45) is 0 Å². The average molecular weight is 884 g/mol. The number of carbonyl (C=O) groups is 3. The number of aromatic nitrogens is 2. The third kappa shape index (κ3) is 11.2. The van der Waals surface area contributed by atoms with E-state index in [1.165, 1.54) is 0 Å². The number of nitrogens with one attached hydrogen (secondary N) is 2. The van der Waals surface area contributed by atoms with E-state index in [0.29, 0.717) is 0 Å². The second-order valence-corrected chi connectivity index (χ2v) is 15.9. The van der Waals surface area contributed by atoms with Crippen molar-refractivity contribution < 1.29 is 112 Å². The average Bonchev–Trinajstić information content (AvgIpc) is 3.40. The minimum Gasteiger partial charge on any atom is -0.477 e. The van der Waals surface area contributed by atoms with Crippen molar-refractivity contribution in [3.63, 3.8) is 0 Å². The molecule has 330 valence electrons. The minimum absolute atomic E-state index is 0.185. The number of nitrogen functional groups attached to an aromatic ring is 1. The van der Waals surface area contributed by atoms with Crippen molar-refractivity contribution in [2.45, 2.75) is 105 Å². The van der Waals surface area contributed by atoms with Crippen LogP contribution in [0.15, 0.2) is 17.1 Å². The number of nitrogens with two attached hydrogens (primary N) is 1. The molecule has 29 nitrogen and oxygen atoms in total. The summed E-state index contributed by atoms with van der Waals surface area (Å²) in [7, 11) is -10.9. The van der Waals surface area contributed by atoms with E-state index in [1.807, 2.05) is 5.32 Å². The van der Waals surface area contributed by atoms with Gasteiger partial charge in [-0.05, 0) is 6.07 Å². The third-order valence-electron chi connectivity index (χ3n) is 8.99. The maximum absolute atomic E-state index is 13.1. The minimum atomic E-state index is -5.72. The van der Waals surface area contributed by atoms with Gasteiger partial charge in [-0.15, -0.1) is 0 Å². The van der Waals surface area contributed by atoms with Gasteiger partial charge in [-0.25, -0.2) is 23.2 Å². The van der Waals surface area contributed by atoms with E-state index >= 15 is 0 Å². The molecule has 11 unspecified atom stereocenters. The van der Waals surface area contributed by atoms with Crippen LogP contribution in [0.4, 0.5) is 5.82 Å². The fourth-order valence-corrected chi connectivity index (χ4v) is 7.41. The van der Waals surface area contributed by atoms with E-state index in [-0.39, 0.29) is 5.82 Å². The molecule has 4 rings (SSSR count). The summed E-state index contributed by atoms with van der Waals surface area (Å²) < 4.78 is 54.7. The zero-order chi connectivity index (χ0) is 43.7. The molecule has 3 aliphatic rings. The van der Waals surface area contributed by atoms with Crippen LogP contribution in [0.1, 0.15) is 19.6 Å². The topological polar surface area (TPSA) is 468 Å². The molecule has 16 atom stereocenters. The lowest BCUT2D eigenvalue weighted by molar-refractivity contribution is -0.288. The monoisotopic (exact) mass is 883 g/mol. The lowest BCUT2D eigenvalue weighted by Gasteiger charge is -2.46. The van der Waals surface area contributed by atoms with Crippen molar-refractivity contribution in [2.75, 3.05) is 25.5 Å². The Kier molecular flexibility index (Phi) is 15.3. The Bertz CT molecular complexity index is 1800. The Morgan fingerprint density at radius 2 is 1.59 bits per heavy atom. The summed E-state index contributed by atoms with van der Waals surface area (Å²) in [5.41, 5.74) is 4.43. The highest BCUT2D eigenvalue weighted by Crippen LogP contribution is 2.51. The highest BCUT2D eigenvalue weighted by Gasteiger charge is 2.59. The van der Waals surface area contributed by atoms with Crippen LogP contribution in [-0.4, -0.2) is 193 Å². The number of hydrogen-bond donors (Lipinski definition) is 15. The van der Waals surface area contributed by atoms with Crippen molar-refractivity contribution >= 4 is 39.2 Å². The van der Waals surface area contributed by atoms with Gasteiger partial charge < -0.3 is 91.2 Å². The van der Waals surface area contributed by atoms with Gasteiger partial charge in [0, 0.05) is 26.1 Å². The van der Waals surface area contributed by atoms with Crippen molar-refractivity contribution in [3.8, 4) is 0 Å². The van der Waals surface area contributed by atoms with Gasteiger partial charge in [0.05, 0.1) is 31.5 Å². The number of aliphatic hydroxyl groups is 8. The van der Waals surface area contributed by atoms with Crippen LogP contribution in [0, 0.1) is 0 Å². The summed E-state index contributed by atoms with van der Waals surface area (Å²) in [6, 6.07) is -0.637. The quantitative estimate of drug-likeness (QED) is 0.0686. The number of nitrogens with zero attached hydrogens (tertiary/aromatic N) is 2. The summed E-state index contributed by atoms with van der Waals surface area (Å²) in [4.78, 5) is 81.5. The SMILES string of the molecule is CC(=O)NC1C(O)CC(OP(=O)(O)OCC2OC(n3ccc(N)nc3=O)C(O)C2O)(C(=O)O)OC1[C@H](O)[C@H](O)CNC(=O)[C@H]1OC(COP(=O)(O)O)[C@@H](O)[C@H](O)C1O. The number of phosphoric ester groups is 2. The van der Waals surface area contributed by atoms with Gasteiger partial charge in [0.15, 0.2) is 12.3 Å². The number of carboxylic acid groups (broad SMARTS) is 1. The molecule has 0 aromatic carbocycles. The number of rotatable bonds is 16. The molecule has 4 heterocycles. The molecule has 31 heteroatoms. The van der Waals surface area contributed by atoms with E-state index in [9.17, 15) is 79.2 Å². The molecule has 0 spiro atoms. The van der Waals surface area contributed by atoms with E-state index in [2.05, 4.69) is 14.8 Å². The van der Waals surface area contributed by atoms with Gasteiger partial charge in [-0.1, -0.05) is 0 Å². The Morgan fingerprint density at radius 1 is 0.983 bits per heavy atom. The van der Waals surface area contributed by atoms with Gasteiger partial charge in [0.2, 0.25) is 5.91 Å². The number of carboxylic acids is 1. The van der Waals surface area contributed by atoms with Crippen molar-refractivity contribution in [1.29, 1.82) is 0 Å². The molecule has 0 aliphatic carbocycles. The highest BCUT2D eigenvalue weighted by molar-refractivity contribution is 7.47. The van der Waals surface area contributed by atoms with Gasteiger partial charge >= 0.3 is 27.3 Å². The lowest BCUT2D eigenvalue weighted by atomic mass is 9.88. The number of aliphatic hydroxyl groups excluding tert-OH is 8. The van der Waals surface area contributed by atoms with E-state index < -0.39 is 157 Å². The normalized spacial score (nSPS) is 36.3. The lowest BCUT2D eigenvalue weighted by Crippen LogP contribution is -2.68.